The van der Waals surface area contributed by atoms with E-state index in [1.807, 2.05) is 7.05 Å². The molecule has 4 rings (SSSR count). The van der Waals surface area contributed by atoms with E-state index in [0.717, 1.165) is 37.2 Å². The number of hydrogen-bond donors (Lipinski definition) is 1. The molecule has 26 heavy (non-hydrogen) atoms. The second-order valence-electron chi connectivity index (χ2n) is 7.13. The fourth-order valence-corrected chi connectivity index (χ4v) is 3.69. The summed E-state index contributed by atoms with van der Waals surface area (Å²) >= 11 is 0. The van der Waals surface area contributed by atoms with Gasteiger partial charge in [0.05, 0.1) is 0 Å². The third-order valence-electron chi connectivity index (χ3n) is 5.27. The average Bonchev–Trinajstić information content (AvgIpc) is 3.08. The first kappa shape index (κ1) is 16.8. The Hall–Kier alpha value is -2.66. The number of amides is 1. The number of fused-ring (bicyclic) bond motifs is 2. The standard InChI is InChI=1S/C21H24N4O/c1-24-12-11-19-18(14-24)20(23-22-19)21(26)25(2)13-10-16-8-5-7-15-6-3-4-9-17(15)16/h3-9H,10-14H2,1-2H3,(H,22,23). The number of nitrogens with one attached hydrogen (secondary N) is 1. The molecule has 0 fully saturated rings. The zero-order valence-corrected chi connectivity index (χ0v) is 15.3. The molecule has 1 N–H and O–H groups in total. The molecule has 0 atom stereocenters. The second-order valence-corrected chi connectivity index (χ2v) is 7.13. The summed E-state index contributed by atoms with van der Waals surface area (Å²) in [4.78, 5) is 16.9. The molecule has 5 heteroatoms. The Morgan fingerprint density at radius 2 is 2.04 bits per heavy atom. The number of benzene rings is 2. The minimum absolute atomic E-state index is 0.00182. The predicted octanol–water partition coefficient (Wildman–Crippen LogP) is 2.87. The van der Waals surface area contributed by atoms with Crippen LogP contribution in [0.3, 0.4) is 0 Å². The van der Waals surface area contributed by atoms with Crippen molar-refractivity contribution in [1.29, 1.82) is 0 Å². The molecule has 0 radical (unpaired) electrons. The van der Waals surface area contributed by atoms with Crippen molar-refractivity contribution >= 4 is 16.7 Å². The van der Waals surface area contributed by atoms with Crippen molar-refractivity contribution < 1.29 is 4.79 Å². The zero-order chi connectivity index (χ0) is 18.1. The Kier molecular flexibility index (Phi) is 4.47. The number of carbonyl (C=O) groups is 1. The van der Waals surface area contributed by atoms with Gasteiger partial charge in [-0.15, -0.1) is 0 Å². The van der Waals surface area contributed by atoms with Crippen LogP contribution in [0.2, 0.25) is 0 Å². The van der Waals surface area contributed by atoms with E-state index in [0.29, 0.717) is 12.2 Å². The van der Waals surface area contributed by atoms with E-state index in [2.05, 4.69) is 64.6 Å². The quantitative estimate of drug-likeness (QED) is 0.789. The van der Waals surface area contributed by atoms with Crippen molar-refractivity contribution in [3.63, 3.8) is 0 Å². The normalized spacial score (nSPS) is 14.4. The molecule has 0 saturated carbocycles. The highest BCUT2D eigenvalue weighted by atomic mass is 16.2. The summed E-state index contributed by atoms with van der Waals surface area (Å²) in [6.07, 6.45) is 1.75. The maximum absolute atomic E-state index is 12.9. The lowest BCUT2D eigenvalue weighted by Gasteiger charge is -2.23. The summed E-state index contributed by atoms with van der Waals surface area (Å²) in [5.41, 5.74) is 4.01. The van der Waals surface area contributed by atoms with Crippen molar-refractivity contribution in [1.82, 2.24) is 20.0 Å². The predicted molar refractivity (Wildman–Crippen MR) is 103 cm³/mol. The highest BCUT2D eigenvalue weighted by Crippen LogP contribution is 2.21. The first-order chi connectivity index (χ1) is 12.6. The van der Waals surface area contributed by atoms with Gasteiger partial charge in [0.2, 0.25) is 0 Å². The van der Waals surface area contributed by atoms with Crippen LogP contribution in [0.4, 0.5) is 0 Å². The lowest BCUT2D eigenvalue weighted by Crippen LogP contribution is -2.32. The highest BCUT2D eigenvalue weighted by molar-refractivity contribution is 5.94. The second kappa shape index (κ2) is 6.92. The van der Waals surface area contributed by atoms with Gasteiger partial charge in [0.25, 0.3) is 5.91 Å². The lowest BCUT2D eigenvalue weighted by molar-refractivity contribution is 0.0788. The van der Waals surface area contributed by atoms with Crippen LogP contribution in [0.1, 0.15) is 27.3 Å². The number of aromatic nitrogens is 2. The lowest BCUT2D eigenvalue weighted by atomic mass is 10.0. The largest absolute Gasteiger partial charge is 0.340 e. The van der Waals surface area contributed by atoms with E-state index in [1.165, 1.54) is 16.3 Å². The number of aromatic amines is 1. The van der Waals surface area contributed by atoms with E-state index in [4.69, 9.17) is 0 Å². The Bertz CT molecular complexity index is 941. The van der Waals surface area contributed by atoms with Crippen molar-refractivity contribution in [3.05, 3.63) is 65.0 Å². The molecule has 134 valence electrons. The number of H-pyrrole nitrogens is 1. The van der Waals surface area contributed by atoms with Gasteiger partial charge in [-0.1, -0.05) is 42.5 Å². The van der Waals surface area contributed by atoms with Crippen LogP contribution in [-0.2, 0) is 19.4 Å². The summed E-state index contributed by atoms with van der Waals surface area (Å²) < 4.78 is 0. The van der Waals surface area contributed by atoms with Crippen molar-refractivity contribution in [2.45, 2.75) is 19.4 Å². The average molecular weight is 348 g/mol. The fourth-order valence-electron chi connectivity index (χ4n) is 3.69. The first-order valence-corrected chi connectivity index (χ1v) is 9.10. The van der Waals surface area contributed by atoms with Crippen LogP contribution in [0.5, 0.6) is 0 Å². The maximum atomic E-state index is 12.9. The molecule has 0 spiro atoms. The SMILES string of the molecule is CN1CCc2[nH]nc(C(=O)N(C)CCc3cccc4ccccc34)c2C1. The zero-order valence-electron chi connectivity index (χ0n) is 15.3. The molecular weight excluding hydrogens is 324 g/mol. The molecule has 1 aliphatic rings. The van der Waals surface area contributed by atoms with Gasteiger partial charge in [-0.05, 0) is 29.8 Å². The summed E-state index contributed by atoms with van der Waals surface area (Å²) in [5.74, 6) is -0.00182. The molecule has 3 aromatic rings. The number of nitrogens with zero attached hydrogens (tertiary/aromatic N) is 3. The van der Waals surface area contributed by atoms with Gasteiger partial charge in [0.15, 0.2) is 5.69 Å². The number of likely N-dealkylation sites (N-methyl/N-ethyl adjacent to an activating group) is 2. The highest BCUT2D eigenvalue weighted by Gasteiger charge is 2.25. The Balaban J connectivity index is 1.49. The van der Waals surface area contributed by atoms with Crippen LogP contribution in [0.15, 0.2) is 42.5 Å². The van der Waals surface area contributed by atoms with Crippen molar-refractivity contribution in [2.75, 3.05) is 27.2 Å². The summed E-state index contributed by atoms with van der Waals surface area (Å²) in [5, 5.41) is 9.87. The van der Waals surface area contributed by atoms with Gasteiger partial charge in [-0.2, -0.15) is 5.10 Å². The summed E-state index contributed by atoms with van der Waals surface area (Å²) in [6, 6.07) is 14.7. The first-order valence-electron chi connectivity index (χ1n) is 9.10. The Morgan fingerprint density at radius 1 is 1.23 bits per heavy atom. The number of hydrogen-bond acceptors (Lipinski definition) is 3. The van der Waals surface area contributed by atoms with Crippen LogP contribution >= 0.6 is 0 Å². The third kappa shape index (κ3) is 3.10. The smallest absolute Gasteiger partial charge is 0.274 e. The minimum Gasteiger partial charge on any atom is -0.340 e. The molecule has 1 amide bonds. The molecule has 0 bridgehead atoms. The van der Waals surface area contributed by atoms with Crippen LogP contribution in [0.25, 0.3) is 10.8 Å². The van der Waals surface area contributed by atoms with E-state index in [-0.39, 0.29) is 5.91 Å². The molecular formula is C21H24N4O. The topological polar surface area (TPSA) is 52.2 Å². The molecule has 1 aliphatic heterocycles. The Labute approximate surface area is 153 Å². The Morgan fingerprint density at radius 3 is 2.92 bits per heavy atom. The fraction of sp³-hybridized carbons (Fsp3) is 0.333. The molecule has 2 heterocycles. The van der Waals surface area contributed by atoms with Gasteiger partial charge < -0.3 is 9.80 Å². The van der Waals surface area contributed by atoms with E-state index in [9.17, 15) is 4.79 Å². The summed E-state index contributed by atoms with van der Waals surface area (Å²) in [7, 11) is 3.94. The molecule has 5 nitrogen and oxygen atoms in total. The van der Waals surface area contributed by atoms with Gasteiger partial charge in [0, 0.05) is 44.4 Å². The van der Waals surface area contributed by atoms with E-state index < -0.39 is 0 Å². The van der Waals surface area contributed by atoms with Gasteiger partial charge in [0.1, 0.15) is 0 Å². The summed E-state index contributed by atoms with van der Waals surface area (Å²) in [6.45, 7) is 2.45. The van der Waals surface area contributed by atoms with Crippen LogP contribution in [0, 0.1) is 0 Å². The maximum Gasteiger partial charge on any atom is 0.274 e. The minimum atomic E-state index is -0.00182. The van der Waals surface area contributed by atoms with Crippen LogP contribution < -0.4 is 0 Å². The van der Waals surface area contributed by atoms with E-state index in [1.54, 1.807) is 4.90 Å². The number of carbonyl (C=O) groups excluding carboxylic acids is 1. The van der Waals surface area contributed by atoms with E-state index >= 15 is 0 Å². The third-order valence-corrected chi connectivity index (χ3v) is 5.27. The van der Waals surface area contributed by atoms with Gasteiger partial charge >= 0.3 is 0 Å². The molecule has 2 aromatic carbocycles. The monoisotopic (exact) mass is 348 g/mol. The van der Waals surface area contributed by atoms with Gasteiger partial charge in [-0.3, -0.25) is 9.89 Å². The van der Waals surface area contributed by atoms with Crippen molar-refractivity contribution in [2.24, 2.45) is 0 Å². The molecule has 0 unspecified atom stereocenters. The molecule has 0 saturated heterocycles. The van der Waals surface area contributed by atoms with Crippen LogP contribution in [-0.4, -0.2) is 53.1 Å². The molecule has 1 aromatic heterocycles. The number of rotatable bonds is 4. The van der Waals surface area contributed by atoms with Gasteiger partial charge in [-0.25, -0.2) is 0 Å². The molecule has 0 aliphatic carbocycles. The van der Waals surface area contributed by atoms with Crippen molar-refractivity contribution in [3.8, 4) is 0 Å².